The first-order valence-corrected chi connectivity index (χ1v) is 6.15. The van der Waals surface area contributed by atoms with Crippen LogP contribution in [0.5, 0.6) is 0 Å². The highest BCUT2D eigenvalue weighted by Gasteiger charge is 2.14. The molecule has 17 heavy (non-hydrogen) atoms. The molecule has 100 valence electrons. The number of ether oxygens (including phenoxy) is 3. The van der Waals surface area contributed by atoms with E-state index in [9.17, 15) is 9.90 Å². The zero-order valence-corrected chi connectivity index (χ0v) is 11.5. The van der Waals surface area contributed by atoms with Crippen molar-refractivity contribution < 1.29 is 24.1 Å². The molecule has 0 rings (SSSR count). The average molecular weight is 282 g/mol. The van der Waals surface area contributed by atoms with Crippen molar-refractivity contribution in [2.75, 3.05) is 33.0 Å². The van der Waals surface area contributed by atoms with Gasteiger partial charge in [0.2, 0.25) is 0 Å². The third-order valence-corrected chi connectivity index (χ3v) is 2.26. The summed E-state index contributed by atoms with van der Waals surface area (Å²) in [6.07, 6.45) is -1.23. The summed E-state index contributed by atoms with van der Waals surface area (Å²) in [7, 11) is 0. The number of hydrogen-bond donors (Lipinski definition) is 2. The molecule has 0 spiro atoms. The van der Waals surface area contributed by atoms with Gasteiger partial charge in [-0.05, 0) is 19.1 Å². The monoisotopic (exact) mass is 282 g/mol. The molecule has 1 atom stereocenters. The van der Waals surface area contributed by atoms with Crippen LogP contribution in [-0.2, 0) is 19.0 Å². The van der Waals surface area contributed by atoms with Gasteiger partial charge in [-0.3, -0.25) is 4.79 Å². The van der Waals surface area contributed by atoms with Gasteiger partial charge < -0.3 is 19.3 Å². The first-order valence-electron chi connectivity index (χ1n) is 5.30. The van der Waals surface area contributed by atoms with Gasteiger partial charge >= 0.3 is 0 Å². The Morgan fingerprint density at radius 2 is 1.88 bits per heavy atom. The molecule has 1 N–H and O–H groups in total. The van der Waals surface area contributed by atoms with Gasteiger partial charge in [0.1, 0.15) is 12.7 Å². The van der Waals surface area contributed by atoms with E-state index in [1.807, 2.05) is 6.92 Å². The number of rotatable bonds is 10. The average Bonchev–Trinajstić information content (AvgIpc) is 2.26. The van der Waals surface area contributed by atoms with Crippen LogP contribution in [0.3, 0.4) is 0 Å². The third kappa shape index (κ3) is 10.7. The molecule has 0 bridgehead atoms. The first kappa shape index (κ1) is 16.8. The molecule has 0 aliphatic heterocycles. The maximum atomic E-state index is 10.6. The highest BCUT2D eigenvalue weighted by Crippen LogP contribution is 2.00. The highest BCUT2D eigenvalue weighted by atomic mass is 32.1. The fourth-order valence-corrected chi connectivity index (χ4v) is 1.25. The van der Waals surface area contributed by atoms with E-state index < -0.39 is 11.2 Å². The predicted octanol–water partition coefficient (Wildman–Crippen LogP) is 0.591. The molecule has 0 amide bonds. The fourth-order valence-electron chi connectivity index (χ4n) is 0.910. The van der Waals surface area contributed by atoms with Crippen molar-refractivity contribution >= 4 is 35.0 Å². The van der Waals surface area contributed by atoms with E-state index in [2.05, 4.69) is 12.6 Å². The van der Waals surface area contributed by atoms with Gasteiger partial charge in [-0.2, -0.15) is 0 Å². The van der Waals surface area contributed by atoms with Crippen molar-refractivity contribution in [2.24, 2.45) is 0 Å². The molecular weight excluding hydrogens is 264 g/mol. The van der Waals surface area contributed by atoms with Gasteiger partial charge in [-0.1, -0.05) is 0 Å². The van der Waals surface area contributed by atoms with Crippen LogP contribution in [0.25, 0.3) is 0 Å². The van der Waals surface area contributed by atoms with E-state index in [0.717, 1.165) is 0 Å². The molecule has 0 saturated heterocycles. The largest absolute Gasteiger partial charge is 0.482 e. The molecule has 0 aliphatic carbocycles. The Morgan fingerprint density at radius 1 is 1.29 bits per heavy atom. The van der Waals surface area contributed by atoms with Crippen LogP contribution in [0, 0.1) is 0 Å². The summed E-state index contributed by atoms with van der Waals surface area (Å²) < 4.78 is 15.3. The van der Waals surface area contributed by atoms with E-state index in [-0.39, 0.29) is 18.1 Å². The van der Waals surface area contributed by atoms with Gasteiger partial charge in [0.15, 0.2) is 10.2 Å². The third-order valence-electron chi connectivity index (χ3n) is 1.69. The molecule has 0 aromatic heterocycles. The summed E-state index contributed by atoms with van der Waals surface area (Å²) in [5.74, 6) is 0. The van der Waals surface area contributed by atoms with Gasteiger partial charge in [0, 0.05) is 6.61 Å². The summed E-state index contributed by atoms with van der Waals surface area (Å²) in [6, 6.07) is 0. The lowest BCUT2D eigenvalue weighted by molar-refractivity contribution is -0.111. The minimum absolute atomic E-state index is 0.0131. The zero-order valence-electron chi connectivity index (χ0n) is 9.76. The second-order valence-electron chi connectivity index (χ2n) is 3.09. The second-order valence-corrected chi connectivity index (χ2v) is 3.99. The lowest BCUT2D eigenvalue weighted by atomic mass is 10.3. The van der Waals surface area contributed by atoms with Crippen LogP contribution in [-0.4, -0.2) is 54.4 Å². The maximum Gasteiger partial charge on any atom is 0.189 e. The maximum absolute atomic E-state index is 10.6. The summed E-state index contributed by atoms with van der Waals surface area (Å²) >= 11 is 8.31. The smallest absolute Gasteiger partial charge is 0.189 e. The van der Waals surface area contributed by atoms with E-state index in [4.69, 9.17) is 26.4 Å². The van der Waals surface area contributed by atoms with E-state index in [1.54, 1.807) is 0 Å². The lowest BCUT2D eigenvalue weighted by Crippen LogP contribution is -2.24. The Kier molecular flexibility index (Phi) is 10.8. The Morgan fingerprint density at radius 3 is 2.47 bits per heavy atom. The predicted molar refractivity (Wildman–Crippen MR) is 70.5 cm³/mol. The van der Waals surface area contributed by atoms with Crippen LogP contribution in [0.1, 0.15) is 13.3 Å². The minimum atomic E-state index is -1.08. The summed E-state index contributed by atoms with van der Waals surface area (Å²) in [5.41, 5.74) is 0. The Hall–Kier alpha value is -0.210. The zero-order chi connectivity index (χ0) is 13.1. The molecule has 0 aromatic rings. The van der Waals surface area contributed by atoms with Crippen molar-refractivity contribution in [1.29, 1.82) is 0 Å². The number of thiol groups is 1. The van der Waals surface area contributed by atoms with Crippen molar-refractivity contribution in [3.8, 4) is 0 Å². The number of thiocarbonyl (C=S) groups is 1. The van der Waals surface area contributed by atoms with Gasteiger partial charge in [-0.15, -0.1) is 12.6 Å². The molecule has 0 fully saturated rings. The summed E-state index contributed by atoms with van der Waals surface area (Å²) in [4.78, 5) is 10.6. The number of hydrogen-bond acceptors (Lipinski definition) is 6. The van der Waals surface area contributed by atoms with E-state index >= 15 is 0 Å². The molecule has 0 heterocycles. The van der Waals surface area contributed by atoms with Crippen molar-refractivity contribution in [3.05, 3.63) is 0 Å². The lowest BCUT2D eigenvalue weighted by Gasteiger charge is -2.12. The van der Waals surface area contributed by atoms with Crippen molar-refractivity contribution in [2.45, 2.75) is 19.4 Å². The van der Waals surface area contributed by atoms with E-state index in [1.165, 1.54) is 0 Å². The molecule has 7 heteroatoms. The normalized spacial score (nSPS) is 12.2. The topological polar surface area (TPSA) is 65.0 Å². The number of aliphatic hydroxyl groups is 1. The molecule has 1 unspecified atom stereocenters. The second kappa shape index (κ2) is 10.9. The molecule has 0 radical (unpaired) electrons. The summed E-state index contributed by atoms with van der Waals surface area (Å²) in [5, 5.41) is 8.92. The summed E-state index contributed by atoms with van der Waals surface area (Å²) in [6.45, 7) is 4.19. The fraction of sp³-hybridized carbons (Fsp3) is 0.800. The van der Waals surface area contributed by atoms with Crippen LogP contribution >= 0.6 is 24.8 Å². The number of carbonyl (C=O) groups excluding carboxylic acids is 1. The van der Waals surface area contributed by atoms with Crippen molar-refractivity contribution in [3.63, 3.8) is 0 Å². The highest BCUT2D eigenvalue weighted by molar-refractivity contribution is 7.96. The van der Waals surface area contributed by atoms with Gasteiger partial charge in [0.25, 0.3) is 0 Å². The number of aliphatic hydroxyl groups excluding tert-OH is 1. The minimum Gasteiger partial charge on any atom is -0.482 e. The molecule has 0 aliphatic rings. The first-order chi connectivity index (χ1) is 8.07. The van der Waals surface area contributed by atoms with Crippen molar-refractivity contribution in [1.82, 2.24) is 0 Å². The standard InChI is InChI=1S/C10H18O5S2/c1-2-13-3-4-14-5-6-15-10(17)8(11)7-9(12)16/h8,11H,2-7H2,1H3,(H,12,16). The SMILES string of the molecule is CCOCCOCCOC(=S)C(O)CC(=O)S. The van der Waals surface area contributed by atoms with E-state index in [0.29, 0.717) is 26.4 Å². The molecular formula is C10H18O5S2. The molecule has 5 nitrogen and oxygen atoms in total. The quantitative estimate of drug-likeness (QED) is 0.347. The van der Waals surface area contributed by atoms with Crippen LogP contribution < -0.4 is 0 Å². The molecule has 0 aromatic carbocycles. The van der Waals surface area contributed by atoms with Crippen LogP contribution in [0.15, 0.2) is 0 Å². The Labute approximate surface area is 112 Å². The Bertz CT molecular complexity index is 235. The van der Waals surface area contributed by atoms with Crippen LogP contribution in [0.4, 0.5) is 0 Å². The van der Waals surface area contributed by atoms with Gasteiger partial charge in [-0.25, -0.2) is 0 Å². The van der Waals surface area contributed by atoms with Gasteiger partial charge in [0.05, 0.1) is 26.2 Å². The van der Waals surface area contributed by atoms with Crippen LogP contribution in [0.2, 0.25) is 0 Å². The number of carbonyl (C=O) groups is 1. The molecule has 0 saturated carbocycles. The Balaban J connectivity index is 3.41.